The lowest BCUT2D eigenvalue weighted by Crippen LogP contribution is -2.45. The molecule has 0 saturated heterocycles. The minimum Gasteiger partial charge on any atom is -0.544 e. The zero-order chi connectivity index (χ0) is 16.0. The SMILES string of the molecule is C[N+](C)(C)CC(=O)[O-].N#[N+]c1ccc(S(=O)(=O)O)cc1. The van der Waals surface area contributed by atoms with Crippen LogP contribution in [0.3, 0.4) is 0 Å². The number of likely N-dealkylation sites (N-methyl/N-ethyl adjacent to an activating group) is 1. The van der Waals surface area contributed by atoms with E-state index < -0.39 is 16.1 Å². The molecule has 0 aliphatic rings. The van der Waals surface area contributed by atoms with Crippen molar-refractivity contribution in [2.24, 2.45) is 0 Å². The van der Waals surface area contributed by atoms with E-state index >= 15 is 0 Å². The summed E-state index contributed by atoms with van der Waals surface area (Å²) in [6.45, 7) is 0.0694. The zero-order valence-electron chi connectivity index (χ0n) is 11.3. The first kappa shape index (κ1) is 18.0. The fourth-order valence-corrected chi connectivity index (χ4v) is 1.55. The van der Waals surface area contributed by atoms with Gasteiger partial charge in [-0.05, 0) is 12.1 Å². The van der Waals surface area contributed by atoms with Crippen molar-refractivity contribution in [2.75, 3.05) is 27.7 Å². The van der Waals surface area contributed by atoms with Crippen molar-refractivity contribution in [1.29, 1.82) is 5.39 Å². The van der Waals surface area contributed by atoms with Crippen molar-refractivity contribution in [3.8, 4) is 0 Å². The Hall–Kier alpha value is -2.02. The fraction of sp³-hybridized carbons (Fsp3) is 0.364. The molecule has 0 heterocycles. The van der Waals surface area contributed by atoms with Crippen molar-refractivity contribution in [3.63, 3.8) is 0 Å². The van der Waals surface area contributed by atoms with Gasteiger partial charge in [-0.3, -0.25) is 4.55 Å². The molecule has 0 atom stereocenters. The Bertz CT molecular complexity index is 596. The molecule has 0 saturated carbocycles. The first-order valence-electron chi connectivity index (χ1n) is 5.38. The summed E-state index contributed by atoms with van der Waals surface area (Å²) < 4.78 is 29.9. The predicted octanol–water partition coefficient (Wildman–Crippen LogP) is -0.140. The standard InChI is InChI=1S/C6H4N2O3S.C5H11NO2/c7-8-5-1-3-6(4-2-5)12(9,10)11;1-6(2,3)4-5(7)8/h1-4H;4H2,1-3H3/p+1. The second-order valence-corrected chi connectivity index (χ2v) is 6.31. The van der Waals surface area contributed by atoms with Gasteiger partial charge in [0, 0.05) is 12.1 Å². The van der Waals surface area contributed by atoms with Gasteiger partial charge in [0.1, 0.15) is 6.54 Å². The van der Waals surface area contributed by atoms with Crippen molar-refractivity contribution >= 4 is 21.8 Å². The molecular weight excluding hydrogens is 286 g/mol. The molecule has 9 heteroatoms. The molecule has 20 heavy (non-hydrogen) atoms. The Morgan fingerprint density at radius 1 is 1.30 bits per heavy atom. The fourth-order valence-electron chi connectivity index (χ4n) is 1.07. The number of hydrogen-bond donors (Lipinski definition) is 1. The average Bonchev–Trinajstić information content (AvgIpc) is 2.25. The van der Waals surface area contributed by atoms with Gasteiger partial charge in [0.15, 0.2) is 4.98 Å². The number of aliphatic carboxylic acids is 1. The Morgan fingerprint density at radius 2 is 1.75 bits per heavy atom. The molecule has 1 rings (SSSR count). The van der Waals surface area contributed by atoms with E-state index in [9.17, 15) is 18.3 Å². The van der Waals surface area contributed by atoms with Gasteiger partial charge in [0.2, 0.25) is 5.39 Å². The third-order valence-corrected chi connectivity index (χ3v) is 2.72. The minimum atomic E-state index is -4.15. The molecule has 1 aromatic rings. The van der Waals surface area contributed by atoms with Gasteiger partial charge >= 0.3 is 5.69 Å². The quantitative estimate of drug-likeness (QED) is 0.471. The highest BCUT2D eigenvalue weighted by Crippen LogP contribution is 2.15. The van der Waals surface area contributed by atoms with Crippen molar-refractivity contribution < 1.29 is 27.4 Å². The molecule has 0 aliphatic carbocycles. The van der Waals surface area contributed by atoms with Crippen LogP contribution in [-0.2, 0) is 14.9 Å². The highest BCUT2D eigenvalue weighted by molar-refractivity contribution is 7.85. The second kappa shape index (κ2) is 6.95. The normalized spacial score (nSPS) is 10.9. The summed E-state index contributed by atoms with van der Waals surface area (Å²) in [4.78, 5) is 12.5. The topological polar surface area (TPSA) is 123 Å². The van der Waals surface area contributed by atoms with Crippen molar-refractivity contribution in [2.45, 2.75) is 4.90 Å². The molecule has 0 unspecified atom stereocenters. The average molecular weight is 302 g/mol. The van der Waals surface area contributed by atoms with Gasteiger partial charge in [0.05, 0.1) is 32.0 Å². The monoisotopic (exact) mass is 302 g/mol. The number of quaternary nitrogens is 1. The number of diazo groups is 1. The van der Waals surface area contributed by atoms with E-state index in [4.69, 9.17) is 9.95 Å². The summed E-state index contributed by atoms with van der Waals surface area (Å²) in [6.07, 6.45) is 0. The highest BCUT2D eigenvalue weighted by atomic mass is 32.2. The molecule has 0 fully saturated rings. The van der Waals surface area contributed by atoms with Crippen LogP contribution >= 0.6 is 0 Å². The number of carbonyl (C=O) groups excluding carboxylic acids is 1. The Kier molecular flexibility index (Phi) is 6.25. The maximum Gasteiger partial charge on any atom is 0.385 e. The number of carbonyl (C=O) groups is 1. The number of carboxylic acid groups (broad SMARTS) is 1. The third kappa shape index (κ3) is 8.15. The second-order valence-electron chi connectivity index (χ2n) is 4.89. The zero-order valence-corrected chi connectivity index (χ0v) is 12.2. The summed E-state index contributed by atoms with van der Waals surface area (Å²) in [7, 11) is 1.25. The maximum atomic E-state index is 10.5. The van der Waals surface area contributed by atoms with Crippen molar-refractivity contribution in [1.82, 2.24) is 0 Å². The van der Waals surface area contributed by atoms with Gasteiger partial charge in [-0.2, -0.15) is 8.42 Å². The minimum absolute atomic E-state index is 0.0694. The molecule has 0 radical (unpaired) electrons. The summed E-state index contributed by atoms with van der Waals surface area (Å²) >= 11 is 0. The molecule has 1 aromatic carbocycles. The van der Waals surface area contributed by atoms with E-state index in [1.165, 1.54) is 12.1 Å². The molecule has 0 spiro atoms. The molecule has 0 aliphatic heterocycles. The van der Waals surface area contributed by atoms with Crippen LogP contribution in [0, 0.1) is 5.39 Å². The summed E-state index contributed by atoms with van der Waals surface area (Å²) in [5.41, 5.74) is 0.224. The van der Waals surface area contributed by atoms with Crippen LogP contribution in [0.2, 0.25) is 0 Å². The van der Waals surface area contributed by atoms with Gasteiger partial charge in [-0.1, -0.05) is 0 Å². The van der Waals surface area contributed by atoms with Crippen LogP contribution in [0.15, 0.2) is 29.2 Å². The lowest BCUT2D eigenvalue weighted by Gasteiger charge is -2.23. The van der Waals surface area contributed by atoms with Crippen LogP contribution in [0.4, 0.5) is 5.69 Å². The van der Waals surface area contributed by atoms with Gasteiger partial charge in [-0.25, -0.2) is 0 Å². The molecule has 0 aromatic heterocycles. The van der Waals surface area contributed by atoms with Crippen LogP contribution < -0.4 is 5.11 Å². The molecule has 110 valence electrons. The Balaban J connectivity index is 0.000000396. The smallest absolute Gasteiger partial charge is 0.385 e. The lowest BCUT2D eigenvalue weighted by molar-refractivity contribution is -0.864. The van der Waals surface area contributed by atoms with E-state index in [1.807, 2.05) is 0 Å². The van der Waals surface area contributed by atoms with Gasteiger partial charge in [0.25, 0.3) is 10.1 Å². The lowest BCUT2D eigenvalue weighted by atomic mass is 10.3. The van der Waals surface area contributed by atoms with E-state index in [1.54, 1.807) is 21.1 Å². The highest BCUT2D eigenvalue weighted by Gasteiger charge is 2.11. The van der Waals surface area contributed by atoms with E-state index in [2.05, 4.69) is 4.98 Å². The first-order valence-corrected chi connectivity index (χ1v) is 6.82. The number of benzene rings is 1. The molecular formula is C11H16N3O5S+. The molecule has 0 amide bonds. The Morgan fingerprint density at radius 3 is 1.95 bits per heavy atom. The van der Waals surface area contributed by atoms with Crippen LogP contribution in [0.5, 0.6) is 0 Å². The third-order valence-electron chi connectivity index (χ3n) is 1.85. The van der Waals surface area contributed by atoms with Crippen molar-refractivity contribution in [3.05, 3.63) is 29.2 Å². The number of carboxylic acids is 1. The van der Waals surface area contributed by atoms with Crippen LogP contribution in [-0.4, -0.2) is 51.1 Å². The van der Waals surface area contributed by atoms with E-state index in [-0.39, 0.29) is 17.1 Å². The Labute approximate surface area is 117 Å². The maximum absolute atomic E-state index is 10.5. The van der Waals surface area contributed by atoms with Crippen LogP contribution in [0.25, 0.3) is 4.98 Å². The van der Waals surface area contributed by atoms with Gasteiger partial charge < -0.3 is 14.4 Å². The summed E-state index contributed by atoms with van der Waals surface area (Å²) in [5, 5.41) is 18.1. The largest absolute Gasteiger partial charge is 0.544 e. The van der Waals surface area contributed by atoms with Gasteiger partial charge in [-0.15, -0.1) is 0 Å². The molecule has 8 nitrogen and oxygen atoms in total. The van der Waals surface area contributed by atoms with E-state index in [0.717, 1.165) is 12.1 Å². The molecule has 0 bridgehead atoms. The van der Waals surface area contributed by atoms with E-state index in [0.29, 0.717) is 4.48 Å². The summed E-state index contributed by atoms with van der Waals surface area (Å²) in [5.74, 6) is -1.00. The predicted molar refractivity (Wildman–Crippen MR) is 68.9 cm³/mol. The number of hydrogen-bond acceptors (Lipinski definition) is 5. The van der Waals surface area contributed by atoms with Crippen LogP contribution in [0.1, 0.15) is 0 Å². The first-order chi connectivity index (χ1) is 8.95. The molecule has 1 N–H and O–H groups in total. The number of nitrogens with zero attached hydrogens (tertiary/aromatic N) is 3. The number of rotatable bonds is 3. The summed E-state index contributed by atoms with van der Waals surface area (Å²) in [6, 6.07) is 4.82.